The van der Waals surface area contributed by atoms with Crippen molar-refractivity contribution in [2.24, 2.45) is 0 Å². The molecule has 168 valence electrons. The van der Waals surface area contributed by atoms with Crippen molar-refractivity contribution in [3.05, 3.63) is 53.0 Å². The Kier molecular flexibility index (Phi) is 6.72. The van der Waals surface area contributed by atoms with E-state index in [4.69, 9.17) is 4.74 Å². The van der Waals surface area contributed by atoms with Gasteiger partial charge in [-0.05, 0) is 31.9 Å². The smallest absolute Gasteiger partial charge is 0.263 e. The topological polar surface area (TPSA) is 118 Å². The van der Waals surface area contributed by atoms with E-state index in [-0.39, 0.29) is 18.2 Å². The summed E-state index contributed by atoms with van der Waals surface area (Å²) in [5.41, 5.74) is 1.30. The molecule has 9 nitrogen and oxygen atoms in total. The number of nitrogens with zero attached hydrogens (tertiary/aromatic N) is 4. The Morgan fingerprint density at radius 3 is 2.88 bits per heavy atom. The molecule has 0 spiro atoms. The molecule has 4 rings (SSSR count). The molecule has 2 N–H and O–H groups in total. The van der Waals surface area contributed by atoms with Gasteiger partial charge in [0.25, 0.3) is 17.2 Å². The van der Waals surface area contributed by atoms with Gasteiger partial charge in [0.1, 0.15) is 5.82 Å². The molecule has 1 aliphatic carbocycles. The lowest BCUT2D eigenvalue weighted by Gasteiger charge is -2.15. The molecule has 0 saturated heterocycles. The lowest BCUT2D eigenvalue weighted by atomic mass is 10.1. The number of thiazole rings is 1. The Morgan fingerprint density at radius 1 is 1.38 bits per heavy atom. The summed E-state index contributed by atoms with van der Waals surface area (Å²) in [5, 5.41) is 4.74. The van der Waals surface area contributed by atoms with Crippen LogP contribution in [0.4, 0.5) is 9.52 Å². The van der Waals surface area contributed by atoms with E-state index < -0.39 is 23.0 Å². The van der Waals surface area contributed by atoms with Crippen LogP contribution in [-0.2, 0) is 17.8 Å². The molecule has 3 aromatic rings. The molecule has 1 aliphatic rings. The van der Waals surface area contributed by atoms with Crippen LogP contribution in [0.1, 0.15) is 35.8 Å². The maximum atomic E-state index is 14.6. The molecule has 1 unspecified atom stereocenters. The van der Waals surface area contributed by atoms with Crippen molar-refractivity contribution < 1.29 is 22.7 Å². The second-order valence-corrected chi connectivity index (χ2v) is 8.65. The van der Waals surface area contributed by atoms with Crippen LogP contribution >= 0.6 is 11.3 Å². The number of rotatable bonds is 9. The molecule has 1 saturated carbocycles. The van der Waals surface area contributed by atoms with Gasteiger partial charge in [0.2, 0.25) is 5.88 Å². The van der Waals surface area contributed by atoms with Gasteiger partial charge >= 0.3 is 0 Å². The van der Waals surface area contributed by atoms with Crippen molar-refractivity contribution in [3.8, 4) is 17.1 Å². The van der Waals surface area contributed by atoms with Crippen molar-refractivity contribution in [2.45, 2.75) is 32.4 Å². The molecule has 1 fully saturated rings. The normalized spacial score (nSPS) is 14.1. The molecule has 12 heteroatoms. The lowest BCUT2D eigenvalue weighted by Crippen LogP contribution is -2.27. The predicted molar refractivity (Wildman–Crippen MR) is 118 cm³/mol. The molecule has 0 radical (unpaired) electrons. The second kappa shape index (κ2) is 9.67. The van der Waals surface area contributed by atoms with Crippen molar-refractivity contribution in [1.29, 1.82) is 0 Å². The maximum absolute atomic E-state index is 14.6. The predicted octanol–water partition coefficient (Wildman–Crippen LogP) is 3.17. The maximum Gasteiger partial charge on any atom is 0.263 e. The average molecular weight is 478 g/mol. The summed E-state index contributed by atoms with van der Waals surface area (Å²) in [4.78, 5) is 25.1. The van der Waals surface area contributed by atoms with Crippen molar-refractivity contribution in [1.82, 2.24) is 20.3 Å². The van der Waals surface area contributed by atoms with Gasteiger partial charge in [0.15, 0.2) is 5.13 Å². The first-order chi connectivity index (χ1) is 15.5. The minimum atomic E-state index is -2.15. The van der Waals surface area contributed by atoms with E-state index >= 15 is 0 Å². The monoisotopic (exact) mass is 477 g/mol. The third-order valence-electron chi connectivity index (χ3n) is 4.62. The van der Waals surface area contributed by atoms with Crippen molar-refractivity contribution in [2.75, 3.05) is 10.9 Å². The van der Waals surface area contributed by atoms with Gasteiger partial charge < -0.3 is 10.1 Å². The fourth-order valence-corrected chi connectivity index (χ4v) is 4.73. The number of halogens is 1. The summed E-state index contributed by atoms with van der Waals surface area (Å²) in [6.07, 6.45) is 4.64. The van der Waals surface area contributed by atoms with E-state index in [0.29, 0.717) is 34.6 Å². The number of hydrogen-bond donors (Lipinski definition) is 2. The van der Waals surface area contributed by atoms with E-state index in [9.17, 15) is 17.9 Å². The molecule has 0 bridgehead atoms. The first-order valence-corrected chi connectivity index (χ1v) is 11.8. The van der Waals surface area contributed by atoms with Gasteiger partial charge in [-0.15, -0.1) is 11.3 Å². The standard InChI is InChI=1S/C20H20FN5O4S2/c1-2-30-18-10-22-9-17(25-18)12-3-6-15(16(21)7-12)19(27)23-8-13-11-31-20(24-13)26(32(28)29)14-4-5-14/h3,6-7,9-11,14H,2,4-5,8H2,1H3,(H,23,27)(H,28,29). The minimum absolute atomic E-state index is 0.0148. The fourth-order valence-electron chi connectivity index (χ4n) is 2.97. The number of aromatic nitrogens is 3. The third-order valence-corrected chi connectivity index (χ3v) is 6.43. The molecule has 2 aromatic heterocycles. The summed E-state index contributed by atoms with van der Waals surface area (Å²) >= 11 is -0.926. The first-order valence-electron chi connectivity index (χ1n) is 9.83. The number of carbonyl (C=O) groups is 1. The highest BCUT2D eigenvalue weighted by atomic mass is 32.2. The van der Waals surface area contributed by atoms with Gasteiger partial charge in [-0.3, -0.25) is 14.3 Å². The Hall–Kier alpha value is -2.96. The van der Waals surface area contributed by atoms with Crippen LogP contribution in [0.15, 0.2) is 36.0 Å². The number of benzene rings is 1. The number of hydrogen-bond acceptors (Lipinski definition) is 7. The van der Waals surface area contributed by atoms with Crippen LogP contribution in [0.25, 0.3) is 11.3 Å². The molecule has 1 aromatic carbocycles. The van der Waals surface area contributed by atoms with Crippen molar-refractivity contribution in [3.63, 3.8) is 0 Å². The Bertz CT molecular complexity index is 1150. The highest BCUT2D eigenvalue weighted by Crippen LogP contribution is 2.34. The fraction of sp³-hybridized carbons (Fsp3) is 0.300. The SMILES string of the molecule is CCOc1cncc(-c2ccc(C(=O)NCc3csc(N(C4CC4)S(=O)O)n3)c(F)c2)n1. The Balaban J connectivity index is 1.42. The van der Waals surface area contributed by atoms with Gasteiger partial charge in [0.05, 0.1) is 42.5 Å². The van der Waals surface area contributed by atoms with E-state index in [2.05, 4.69) is 20.3 Å². The lowest BCUT2D eigenvalue weighted by molar-refractivity contribution is 0.0946. The molecule has 2 heterocycles. The summed E-state index contributed by atoms with van der Waals surface area (Å²) in [6.45, 7) is 2.32. The molecular formula is C20H20FN5O4S2. The molecule has 0 aliphatic heterocycles. The molecule has 1 amide bonds. The summed E-state index contributed by atoms with van der Waals surface area (Å²) in [7, 11) is 0. The molecule has 1 atom stereocenters. The summed E-state index contributed by atoms with van der Waals surface area (Å²) < 4.78 is 42.3. The van der Waals surface area contributed by atoms with E-state index in [1.54, 1.807) is 11.4 Å². The first kappa shape index (κ1) is 22.2. The minimum Gasteiger partial charge on any atom is -0.477 e. The largest absolute Gasteiger partial charge is 0.477 e. The van der Waals surface area contributed by atoms with Crippen LogP contribution in [-0.4, -0.2) is 42.3 Å². The van der Waals surface area contributed by atoms with E-state index in [1.165, 1.54) is 40.2 Å². The van der Waals surface area contributed by atoms with Crippen LogP contribution < -0.4 is 14.4 Å². The van der Waals surface area contributed by atoms with E-state index in [0.717, 1.165) is 12.8 Å². The van der Waals surface area contributed by atoms with Crippen LogP contribution in [0.2, 0.25) is 0 Å². The number of carbonyl (C=O) groups excluding carboxylic acids is 1. The van der Waals surface area contributed by atoms with Crippen LogP contribution in [0, 0.1) is 5.82 Å². The quantitative estimate of drug-likeness (QED) is 0.455. The second-order valence-electron chi connectivity index (χ2n) is 6.96. The van der Waals surface area contributed by atoms with Gasteiger partial charge in [-0.1, -0.05) is 6.07 Å². The van der Waals surface area contributed by atoms with Gasteiger partial charge in [-0.2, -0.15) is 0 Å². The highest BCUT2D eigenvalue weighted by molar-refractivity contribution is 7.81. The Labute approximate surface area is 190 Å². The van der Waals surface area contributed by atoms with Crippen molar-refractivity contribution >= 4 is 33.6 Å². The summed E-state index contributed by atoms with van der Waals surface area (Å²) in [5.74, 6) is -0.958. The number of anilines is 1. The third kappa shape index (κ3) is 5.09. The number of nitrogens with one attached hydrogen (secondary N) is 1. The molecule has 32 heavy (non-hydrogen) atoms. The molecular weight excluding hydrogens is 457 g/mol. The van der Waals surface area contributed by atoms with E-state index in [1.807, 2.05) is 6.92 Å². The highest BCUT2D eigenvalue weighted by Gasteiger charge is 2.34. The zero-order valence-corrected chi connectivity index (χ0v) is 18.7. The number of ether oxygens (including phenoxy) is 1. The Morgan fingerprint density at radius 2 is 2.19 bits per heavy atom. The van der Waals surface area contributed by atoms with Gasteiger partial charge in [0, 0.05) is 17.0 Å². The number of amides is 1. The average Bonchev–Trinajstić information content (AvgIpc) is 3.49. The zero-order valence-electron chi connectivity index (χ0n) is 17.0. The van der Waals surface area contributed by atoms with Crippen LogP contribution in [0.5, 0.6) is 5.88 Å². The van der Waals surface area contributed by atoms with Gasteiger partial charge in [-0.25, -0.2) is 22.9 Å². The summed E-state index contributed by atoms with van der Waals surface area (Å²) in [6, 6.07) is 4.20. The van der Waals surface area contributed by atoms with Crippen LogP contribution in [0.3, 0.4) is 0 Å². The zero-order chi connectivity index (χ0) is 22.7.